The molecule has 2 aromatic rings. The minimum atomic E-state index is -0.226. The van der Waals surface area contributed by atoms with Crippen LogP contribution in [-0.2, 0) is 6.42 Å². The third-order valence-electron chi connectivity index (χ3n) is 3.18. The fourth-order valence-electron chi connectivity index (χ4n) is 2.12. The summed E-state index contributed by atoms with van der Waals surface area (Å²) in [5, 5.41) is 9.52. The number of nitrogens with zero attached hydrogens (tertiary/aromatic N) is 2. The second-order valence-corrected chi connectivity index (χ2v) is 5.53. The first-order chi connectivity index (χ1) is 10.6. The number of aliphatic hydroxyl groups excluding tert-OH is 1. The largest absolute Gasteiger partial charge is 0.395 e. The van der Waals surface area contributed by atoms with Gasteiger partial charge in [0.25, 0.3) is 5.91 Å². The van der Waals surface area contributed by atoms with Crippen LogP contribution in [0.2, 0.25) is 10.3 Å². The zero-order valence-corrected chi connectivity index (χ0v) is 13.4. The van der Waals surface area contributed by atoms with Crippen LogP contribution in [0.4, 0.5) is 0 Å². The second-order valence-electron chi connectivity index (χ2n) is 4.75. The molecule has 0 saturated heterocycles. The molecule has 0 bridgehead atoms. The molecule has 0 saturated carbocycles. The number of carbonyl (C=O) groups excluding carboxylic acids is 1. The summed E-state index contributed by atoms with van der Waals surface area (Å²) in [6.07, 6.45) is 0.707. The van der Waals surface area contributed by atoms with Gasteiger partial charge in [0.15, 0.2) is 0 Å². The van der Waals surface area contributed by atoms with Crippen molar-refractivity contribution in [3.8, 4) is 0 Å². The standard InChI is InChI=1S/C16H16Cl2N2O2/c17-14-10-13(11-15(18)19-14)16(22)20(8-9-21)7-6-12-4-2-1-3-5-12/h1-5,10-11,21H,6-9H2. The number of rotatable bonds is 6. The van der Waals surface area contributed by atoms with Gasteiger partial charge in [0.05, 0.1) is 6.61 Å². The van der Waals surface area contributed by atoms with Gasteiger partial charge in [-0.2, -0.15) is 0 Å². The summed E-state index contributed by atoms with van der Waals surface area (Å²) in [4.78, 5) is 17.9. The monoisotopic (exact) mass is 338 g/mol. The number of amides is 1. The van der Waals surface area contributed by atoms with Gasteiger partial charge in [-0.1, -0.05) is 53.5 Å². The van der Waals surface area contributed by atoms with E-state index in [1.54, 1.807) is 4.90 Å². The maximum atomic E-state index is 12.5. The number of aromatic nitrogens is 1. The Balaban J connectivity index is 2.10. The first-order valence-corrected chi connectivity index (χ1v) is 7.63. The van der Waals surface area contributed by atoms with Gasteiger partial charge in [0.2, 0.25) is 0 Å². The average molecular weight is 339 g/mol. The van der Waals surface area contributed by atoms with E-state index in [1.165, 1.54) is 12.1 Å². The quantitative estimate of drug-likeness (QED) is 0.823. The fraction of sp³-hybridized carbons (Fsp3) is 0.250. The summed E-state index contributed by atoms with van der Waals surface area (Å²) in [6.45, 7) is 0.650. The summed E-state index contributed by atoms with van der Waals surface area (Å²) < 4.78 is 0. The lowest BCUT2D eigenvalue weighted by atomic mass is 10.1. The SMILES string of the molecule is O=C(c1cc(Cl)nc(Cl)c1)N(CCO)CCc1ccccc1. The van der Waals surface area contributed by atoms with Crippen LogP contribution in [0.25, 0.3) is 0 Å². The molecule has 0 spiro atoms. The van der Waals surface area contributed by atoms with Crippen LogP contribution in [0.3, 0.4) is 0 Å². The van der Waals surface area contributed by atoms with E-state index >= 15 is 0 Å². The molecule has 4 nitrogen and oxygen atoms in total. The third kappa shape index (κ3) is 4.70. The van der Waals surface area contributed by atoms with E-state index in [0.717, 1.165) is 5.56 Å². The third-order valence-corrected chi connectivity index (χ3v) is 3.57. The highest BCUT2D eigenvalue weighted by molar-refractivity contribution is 6.33. The predicted octanol–water partition coefficient (Wildman–Crippen LogP) is 3.07. The zero-order chi connectivity index (χ0) is 15.9. The lowest BCUT2D eigenvalue weighted by Crippen LogP contribution is -2.35. The molecule has 0 radical (unpaired) electrons. The molecule has 1 aromatic carbocycles. The van der Waals surface area contributed by atoms with Crippen molar-refractivity contribution in [2.24, 2.45) is 0 Å². The molecule has 0 unspecified atom stereocenters. The minimum absolute atomic E-state index is 0.104. The first kappa shape index (κ1) is 16.7. The summed E-state index contributed by atoms with van der Waals surface area (Å²) in [7, 11) is 0. The van der Waals surface area contributed by atoms with Crippen molar-refractivity contribution in [1.29, 1.82) is 0 Å². The van der Waals surface area contributed by atoms with Crippen molar-refractivity contribution in [2.45, 2.75) is 6.42 Å². The van der Waals surface area contributed by atoms with Crippen LogP contribution in [0.5, 0.6) is 0 Å². The van der Waals surface area contributed by atoms with Gasteiger partial charge in [0, 0.05) is 18.7 Å². The van der Waals surface area contributed by atoms with Crippen molar-refractivity contribution in [3.63, 3.8) is 0 Å². The van der Waals surface area contributed by atoms with E-state index in [1.807, 2.05) is 30.3 Å². The maximum Gasteiger partial charge on any atom is 0.254 e. The molecule has 0 aliphatic carbocycles. The van der Waals surface area contributed by atoms with Gasteiger partial charge in [0.1, 0.15) is 10.3 Å². The Hall–Kier alpha value is -1.62. The molecule has 1 aromatic heterocycles. The molecule has 0 atom stereocenters. The molecule has 1 N–H and O–H groups in total. The highest BCUT2D eigenvalue weighted by Crippen LogP contribution is 2.16. The average Bonchev–Trinajstić information content (AvgIpc) is 2.51. The molecule has 1 amide bonds. The van der Waals surface area contributed by atoms with Gasteiger partial charge in [-0.15, -0.1) is 0 Å². The highest BCUT2D eigenvalue weighted by Gasteiger charge is 2.16. The van der Waals surface area contributed by atoms with Gasteiger partial charge in [-0.05, 0) is 24.1 Å². The Morgan fingerprint density at radius 2 is 1.73 bits per heavy atom. The Morgan fingerprint density at radius 1 is 1.09 bits per heavy atom. The zero-order valence-electron chi connectivity index (χ0n) is 11.9. The van der Waals surface area contributed by atoms with Gasteiger partial charge < -0.3 is 10.0 Å². The molecule has 0 aliphatic rings. The molecule has 1 heterocycles. The fourth-order valence-corrected chi connectivity index (χ4v) is 2.58. The highest BCUT2D eigenvalue weighted by atomic mass is 35.5. The molecule has 116 valence electrons. The Bertz CT molecular complexity index is 615. The lowest BCUT2D eigenvalue weighted by Gasteiger charge is -2.22. The van der Waals surface area contributed by atoms with Crippen molar-refractivity contribution < 1.29 is 9.90 Å². The molecule has 0 fully saturated rings. The number of halogens is 2. The number of hydrogen-bond donors (Lipinski definition) is 1. The van der Waals surface area contributed by atoms with E-state index in [4.69, 9.17) is 23.2 Å². The predicted molar refractivity (Wildman–Crippen MR) is 87.4 cm³/mol. The van der Waals surface area contributed by atoms with E-state index in [0.29, 0.717) is 18.5 Å². The second kappa shape index (κ2) is 8.13. The van der Waals surface area contributed by atoms with Gasteiger partial charge >= 0.3 is 0 Å². The van der Waals surface area contributed by atoms with E-state index in [-0.39, 0.29) is 29.4 Å². The number of benzene rings is 1. The smallest absolute Gasteiger partial charge is 0.254 e. The van der Waals surface area contributed by atoms with Crippen LogP contribution in [-0.4, -0.2) is 40.6 Å². The van der Waals surface area contributed by atoms with Gasteiger partial charge in [-0.3, -0.25) is 4.79 Å². The summed E-state index contributed by atoms with van der Waals surface area (Å²) in [5.41, 5.74) is 1.50. The molecular weight excluding hydrogens is 323 g/mol. The molecule has 0 aliphatic heterocycles. The summed E-state index contributed by atoms with van der Waals surface area (Å²) in [6, 6.07) is 12.8. The lowest BCUT2D eigenvalue weighted by molar-refractivity contribution is 0.0724. The molecule has 22 heavy (non-hydrogen) atoms. The number of carbonyl (C=O) groups is 1. The minimum Gasteiger partial charge on any atom is -0.395 e. The van der Waals surface area contributed by atoms with E-state index in [2.05, 4.69) is 4.98 Å². The van der Waals surface area contributed by atoms with Crippen LogP contribution >= 0.6 is 23.2 Å². The van der Waals surface area contributed by atoms with Gasteiger partial charge in [-0.25, -0.2) is 4.98 Å². The maximum absolute atomic E-state index is 12.5. The summed E-state index contributed by atoms with van der Waals surface area (Å²) >= 11 is 11.7. The number of pyridine rings is 1. The van der Waals surface area contributed by atoms with Crippen LogP contribution in [0.1, 0.15) is 15.9 Å². The molecular formula is C16H16Cl2N2O2. The normalized spacial score (nSPS) is 10.5. The van der Waals surface area contributed by atoms with Crippen LogP contribution < -0.4 is 0 Å². The van der Waals surface area contributed by atoms with E-state index < -0.39 is 0 Å². The number of aliphatic hydroxyl groups is 1. The molecule has 2 rings (SSSR count). The molecule has 6 heteroatoms. The van der Waals surface area contributed by atoms with Crippen molar-refractivity contribution in [3.05, 3.63) is 63.9 Å². The van der Waals surface area contributed by atoms with Crippen LogP contribution in [0.15, 0.2) is 42.5 Å². The van der Waals surface area contributed by atoms with E-state index in [9.17, 15) is 9.90 Å². The van der Waals surface area contributed by atoms with Crippen molar-refractivity contribution >= 4 is 29.1 Å². The van der Waals surface area contributed by atoms with Crippen LogP contribution in [0, 0.1) is 0 Å². The first-order valence-electron chi connectivity index (χ1n) is 6.87. The van der Waals surface area contributed by atoms with Crippen molar-refractivity contribution in [2.75, 3.05) is 19.7 Å². The Morgan fingerprint density at radius 3 is 2.32 bits per heavy atom. The van der Waals surface area contributed by atoms with Crippen molar-refractivity contribution in [1.82, 2.24) is 9.88 Å². The topological polar surface area (TPSA) is 53.4 Å². The number of hydrogen-bond acceptors (Lipinski definition) is 3. The summed E-state index contributed by atoms with van der Waals surface area (Å²) in [5.74, 6) is -0.226. The Kier molecular flexibility index (Phi) is 6.19. The Labute approximate surface area is 139 Å².